The Bertz CT molecular complexity index is 1230. The highest BCUT2D eigenvalue weighted by Gasteiger charge is 2.53. The number of piperidine rings is 2. The summed E-state index contributed by atoms with van der Waals surface area (Å²) in [5, 5.41) is 3.00. The first-order valence-electron chi connectivity index (χ1n) is 13.1. The predicted molar refractivity (Wildman–Crippen MR) is 134 cm³/mol. The van der Waals surface area contributed by atoms with E-state index < -0.39 is 17.0 Å². The maximum atomic E-state index is 14.7. The van der Waals surface area contributed by atoms with Gasteiger partial charge >= 0.3 is 0 Å². The molecular weight excluding hydrogens is 484 g/mol. The molecule has 9 nitrogen and oxygen atoms in total. The van der Waals surface area contributed by atoms with E-state index in [0.717, 1.165) is 25.7 Å². The molecule has 5 rings (SSSR count). The van der Waals surface area contributed by atoms with Gasteiger partial charge in [-0.05, 0) is 50.4 Å². The van der Waals surface area contributed by atoms with Gasteiger partial charge in [-0.3, -0.25) is 19.4 Å². The van der Waals surface area contributed by atoms with Crippen LogP contribution in [0, 0.1) is 17.7 Å². The lowest BCUT2D eigenvalue weighted by molar-refractivity contribution is -0.139. The first kappa shape index (κ1) is 25.4. The molecule has 2 saturated heterocycles. The summed E-state index contributed by atoms with van der Waals surface area (Å²) < 4.78 is 34.7. The van der Waals surface area contributed by atoms with Crippen LogP contribution in [0.4, 0.5) is 14.7 Å². The van der Waals surface area contributed by atoms with Crippen LogP contribution in [0.3, 0.4) is 0 Å². The highest BCUT2D eigenvalue weighted by Crippen LogP contribution is 2.42. The van der Waals surface area contributed by atoms with Crippen molar-refractivity contribution in [1.82, 2.24) is 19.8 Å². The first-order chi connectivity index (χ1) is 17.7. The van der Waals surface area contributed by atoms with Gasteiger partial charge in [-0.1, -0.05) is 0 Å². The van der Waals surface area contributed by atoms with Crippen molar-refractivity contribution in [1.29, 1.82) is 0 Å². The number of likely N-dealkylation sites (tertiary alicyclic amines) is 2. The number of alkyl halides is 1. The van der Waals surface area contributed by atoms with Gasteiger partial charge in [-0.15, -0.1) is 0 Å². The summed E-state index contributed by atoms with van der Waals surface area (Å²) in [5.74, 6) is 0.0334. The van der Waals surface area contributed by atoms with Crippen LogP contribution in [-0.4, -0.2) is 76.6 Å². The quantitative estimate of drug-likeness (QED) is 0.585. The largest absolute Gasteiger partial charge is 0.493 e. The number of carbonyl (C=O) groups is 2. The van der Waals surface area contributed by atoms with E-state index in [1.54, 1.807) is 17.9 Å². The molecular formula is C26H33F2N5O4. The average molecular weight is 518 g/mol. The number of nitrogens with one attached hydrogen (secondary N) is 2. The van der Waals surface area contributed by atoms with Crippen molar-refractivity contribution in [2.24, 2.45) is 11.8 Å². The van der Waals surface area contributed by atoms with Crippen LogP contribution in [0.25, 0.3) is 10.9 Å². The fourth-order valence-corrected chi connectivity index (χ4v) is 5.18. The van der Waals surface area contributed by atoms with Gasteiger partial charge in [0.05, 0.1) is 12.1 Å². The third-order valence-electron chi connectivity index (χ3n) is 7.81. The third-order valence-corrected chi connectivity index (χ3v) is 7.81. The lowest BCUT2D eigenvalue weighted by Crippen LogP contribution is -2.44. The number of hydrogen-bond donors (Lipinski definition) is 2. The van der Waals surface area contributed by atoms with E-state index in [1.165, 1.54) is 6.07 Å². The molecule has 1 aliphatic carbocycles. The molecule has 2 aliphatic heterocycles. The SMILES string of the molecule is CC(=O)N1CCC(COc2cc(F)c3c(=O)[nH]c(NCC4CCN(C(=O)C5(F)CC5)CC4)nc3c2)CC1. The van der Waals surface area contributed by atoms with E-state index in [1.807, 2.05) is 4.90 Å². The number of H-pyrrole nitrogens is 1. The Balaban J connectivity index is 1.18. The summed E-state index contributed by atoms with van der Waals surface area (Å²) in [5.41, 5.74) is -2.01. The van der Waals surface area contributed by atoms with Crippen molar-refractivity contribution in [3.05, 3.63) is 28.3 Å². The summed E-state index contributed by atoms with van der Waals surface area (Å²) in [6.45, 7) is 4.89. The number of carbonyl (C=O) groups excluding carboxylic acids is 2. The molecule has 0 atom stereocenters. The van der Waals surface area contributed by atoms with Gasteiger partial charge in [-0.25, -0.2) is 13.8 Å². The predicted octanol–water partition coefficient (Wildman–Crippen LogP) is 2.85. The Hall–Kier alpha value is -3.24. The van der Waals surface area contributed by atoms with Gasteiger partial charge in [0.25, 0.3) is 11.5 Å². The summed E-state index contributed by atoms with van der Waals surface area (Å²) in [6.07, 6.45) is 3.74. The molecule has 2 amide bonds. The highest BCUT2D eigenvalue weighted by molar-refractivity contribution is 5.88. The summed E-state index contributed by atoms with van der Waals surface area (Å²) in [7, 11) is 0. The molecule has 3 fully saturated rings. The first-order valence-corrected chi connectivity index (χ1v) is 13.1. The maximum Gasteiger partial charge on any atom is 0.263 e. The van der Waals surface area contributed by atoms with Gasteiger partial charge in [0.1, 0.15) is 17.0 Å². The van der Waals surface area contributed by atoms with Crippen molar-refractivity contribution in [2.75, 3.05) is 44.6 Å². The minimum Gasteiger partial charge on any atom is -0.493 e. The smallest absolute Gasteiger partial charge is 0.263 e. The second-order valence-electron chi connectivity index (χ2n) is 10.6. The second kappa shape index (κ2) is 10.3. The van der Waals surface area contributed by atoms with Crippen molar-refractivity contribution in [3.63, 3.8) is 0 Å². The van der Waals surface area contributed by atoms with E-state index >= 15 is 0 Å². The second-order valence-corrected chi connectivity index (χ2v) is 10.6. The van der Waals surface area contributed by atoms with Gasteiger partial charge in [0.15, 0.2) is 5.67 Å². The highest BCUT2D eigenvalue weighted by atomic mass is 19.1. The molecule has 1 saturated carbocycles. The Labute approximate surface area is 213 Å². The van der Waals surface area contributed by atoms with Crippen LogP contribution in [0.5, 0.6) is 5.75 Å². The zero-order chi connectivity index (χ0) is 26.2. The zero-order valence-corrected chi connectivity index (χ0v) is 21.0. The van der Waals surface area contributed by atoms with Crippen LogP contribution in [0.2, 0.25) is 0 Å². The third kappa shape index (κ3) is 5.70. The summed E-state index contributed by atoms with van der Waals surface area (Å²) in [6, 6.07) is 2.77. The van der Waals surface area contributed by atoms with Crippen LogP contribution in [-0.2, 0) is 9.59 Å². The van der Waals surface area contributed by atoms with E-state index in [-0.39, 0.29) is 40.5 Å². The number of halogens is 2. The van der Waals surface area contributed by atoms with Crippen LogP contribution >= 0.6 is 0 Å². The van der Waals surface area contributed by atoms with E-state index in [0.29, 0.717) is 57.9 Å². The molecule has 0 radical (unpaired) electrons. The number of anilines is 1. The lowest BCUT2D eigenvalue weighted by atomic mass is 9.96. The summed E-state index contributed by atoms with van der Waals surface area (Å²) in [4.78, 5) is 46.7. The van der Waals surface area contributed by atoms with Crippen molar-refractivity contribution >= 4 is 28.7 Å². The molecule has 11 heteroatoms. The number of nitrogens with zero attached hydrogens (tertiary/aromatic N) is 3. The molecule has 3 aliphatic rings. The molecule has 2 N–H and O–H groups in total. The van der Waals surface area contributed by atoms with Crippen molar-refractivity contribution < 1.29 is 23.1 Å². The number of amides is 2. The fourth-order valence-electron chi connectivity index (χ4n) is 5.18. The standard InChI is InChI=1S/C26H33F2N5O4/c1-16(34)32-8-4-18(5-9-32)15-37-19-12-20(27)22-21(13-19)30-25(31-23(22)35)29-14-17-2-10-33(11-3-17)24(36)26(28)6-7-26/h12-13,17-18H,2-11,14-15H2,1H3,(H2,29,30,31,35). The van der Waals surface area contributed by atoms with Crippen molar-refractivity contribution in [3.8, 4) is 5.75 Å². The minimum absolute atomic E-state index is 0.0699. The molecule has 1 aromatic heterocycles. The zero-order valence-electron chi connectivity index (χ0n) is 21.0. The number of aromatic nitrogens is 2. The molecule has 1 aromatic carbocycles. The van der Waals surface area contributed by atoms with E-state index in [9.17, 15) is 23.2 Å². The fraction of sp³-hybridized carbons (Fsp3) is 0.615. The lowest BCUT2D eigenvalue weighted by Gasteiger charge is -2.33. The normalized spacial score (nSPS) is 20.2. The number of aromatic amines is 1. The molecule has 3 heterocycles. The van der Waals surface area contributed by atoms with E-state index in [4.69, 9.17) is 4.74 Å². The van der Waals surface area contributed by atoms with Gasteiger partial charge in [0.2, 0.25) is 11.9 Å². The Morgan fingerprint density at radius 3 is 2.41 bits per heavy atom. The number of rotatable bonds is 7. The average Bonchev–Trinajstić information content (AvgIpc) is 3.64. The van der Waals surface area contributed by atoms with Crippen LogP contribution in [0.15, 0.2) is 16.9 Å². The molecule has 0 unspecified atom stereocenters. The molecule has 0 bridgehead atoms. The molecule has 0 spiro atoms. The number of ether oxygens (including phenoxy) is 1. The van der Waals surface area contributed by atoms with Crippen molar-refractivity contribution in [2.45, 2.75) is 51.1 Å². The van der Waals surface area contributed by atoms with Crippen LogP contribution in [0.1, 0.15) is 45.4 Å². The topological polar surface area (TPSA) is 108 Å². The van der Waals surface area contributed by atoms with Gasteiger partial charge in [0, 0.05) is 51.8 Å². The number of fused-ring (bicyclic) bond motifs is 1. The molecule has 2 aromatic rings. The number of hydrogen-bond acceptors (Lipinski definition) is 6. The monoisotopic (exact) mass is 517 g/mol. The molecule has 200 valence electrons. The Morgan fingerprint density at radius 2 is 1.76 bits per heavy atom. The maximum absolute atomic E-state index is 14.7. The summed E-state index contributed by atoms with van der Waals surface area (Å²) >= 11 is 0. The van der Waals surface area contributed by atoms with Crippen LogP contribution < -0.4 is 15.6 Å². The van der Waals surface area contributed by atoms with Gasteiger partial charge in [-0.2, -0.15) is 0 Å². The minimum atomic E-state index is -1.63. The molecule has 37 heavy (non-hydrogen) atoms. The Morgan fingerprint density at radius 1 is 1.11 bits per heavy atom. The van der Waals surface area contributed by atoms with Gasteiger partial charge < -0.3 is 19.9 Å². The van der Waals surface area contributed by atoms with E-state index in [2.05, 4.69) is 15.3 Å². The Kier molecular flexibility index (Phi) is 7.04. The number of benzene rings is 1.